The Morgan fingerprint density at radius 3 is 2.94 bits per heavy atom. The molecule has 0 aliphatic rings. The van der Waals surface area contributed by atoms with Crippen LogP contribution in [0.15, 0.2) is 18.6 Å². The van der Waals surface area contributed by atoms with Crippen LogP contribution in [0.1, 0.15) is 16.3 Å². The van der Waals surface area contributed by atoms with Crippen LogP contribution in [0.4, 0.5) is 0 Å². The number of carboxylic acid groups (broad SMARTS) is 1. The van der Waals surface area contributed by atoms with Gasteiger partial charge in [-0.25, -0.2) is 9.78 Å². The molecule has 0 amide bonds. The summed E-state index contributed by atoms with van der Waals surface area (Å²) in [7, 11) is 1.77. The average Bonchev–Trinajstić information content (AvgIpc) is 2.74. The Labute approximate surface area is 105 Å². The predicted octanol–water partition coefficient (Wildman–Crippen LogP) is 0.968. The Balaban J connectivity index is 2.30. The van der Waals surface area contributed by atoms with Gasteiger partial charge in [0, 0.05) is 16.8 Å². The van der Waals surface area contributed by atoms with E-state index in [0.29, 0.717) is 12.4 Å². The number of nitrogens with zero attached hydrogens (tertiary/aromatic N) is 4. The Kier molecular flexibility index (Phi) is 2.95. The molecule has 2 heterocycles. The molecule has 7 heteroatoms. The van der Waals surface area contributed by atoms with Gasteiger partial charge >= 0.3 is 5.97 Å². The molecule has 0 saturated carbocycles. The normalized spacial score (nSPS) is 10.6. The van der Waals surface area contributed by atoms with E-state index in [4.69, 9.17) is 5.11 Å². The van der Waals surface area contributed by atoms with Crippen LogP contribution in [0, 0.1) is 3.57 Å². The van der Waals surface area contributed by atoms with Crippen molar-refractivity contribution in [2.75, 3.05) is 0 Å². The summed E-state index contributed by atoms with van der Waals surface area (Å²) >= 11 is 2.08. The van der Waals surface area contributed by atoms with Gasteiger partial charge in [-0.3, -0.25) is 4.68 Å². The average molecular weight is 332 g/mol. The van der Waals surface area contributed by atoms with Crippen LogP contribution in [0.2, 0.25) is 0 Å². The van der Waals surface area contributed by atoms with Gasteiger partial charge in [0.05, 0.1) is 6.54 Å². The minimum atomic E-state index is -0.946. The zero-order valence-electron chi connectivity index (χ0n) is 8.46. The molecular weight excluding hydrogens is 323 g/mol. The molecule has 0 aliphatic carbocycles. The van der Waals surface area contributed by atoms with E-state index in [1.165, 1.54) is 0 Å². The van der Waals surface area contributed by atoms with Crippen molar-refractivity contribution in [2.45, 2.75) is 6.54 Å². The Hall–Kier alpha value is -1.38. The summed E-state index contributed by atoms with van der Waals surface area (Å²) in [4.78, 5) is 15.0. The summed E-state index contributed by atoms with van der Waals surface area (Å²) in [5.74, 6) is -0.351. The molecule has 0 fully saturated rings. The zero-order chi connectivity index (χ0) is 11.7. The van der Waals surface area contributed by atoms with Crippen LogP contribution in [0.3, 0.4) is 0 Å². The maximum absolute atomic E-state index is 11.0. The van der Waals surface area contributed by atoms with Gasteiger partial charge in [0.15, 0.2) is 5.82 Å². The Morgan fingerprint density at radius 1 is 1.62 bits per heavy atom. The van der Waals surface area contributed by atoms with Gasteiger partial charge in [0.1, 0.15) is 12.0 Å². The highest BCUT2D eigenvalue weighted by molar-refractivity contribution is 14.1. The molecule has 0 saturated heterocycles. The number of carbonyl (C=O) groups is 1. The lowest BCUT2D eigenvalue weighted by Gasteiger charge is -2.01. The number of hydrogen-bond acceptors (Lipinski definition) is 3. The van der Waals surface area contributed by atoms with E-state index in [1.54, 1.807) is 34.9 Å². The van der Waals surface area contributed by atoms with Crippen molar-refractivity contribution in [1.29, 1.82) is 0 Å². The van der Waals surface area contributed by atoms with Gasteiger partial charge < -0.3 is 9.67 Å². The van der Waals surface area contributed by atoms with Crippen LogP contribution in [0.25, 0.3) is 0 Å². The predicted molar refractivity (Wildman–Crippen MR) is 64.2 cm³/mol. The van der Waals surface area contributed by atoms with E-state index >= 15 is 0 Å². The van der Waals surface area contributed by atoms with E-state index in [2.05, 4.69) is 32.7 Å². The van der Waals surface area contributed by atoms with Crippen LogP contribution in [0.5, 0.6) is 0 Å². The van der Waals surface area contributed by atoms with Gasteiger partial charge in [-0.05, 0) is 28.7 Å². The van der Waals surface area contributed by atoms with Crippen molar-refractivity contribution in [3.8, 4) is 0 Å². The first kappa shape index (κ1) is 11.1. The Bertz CT molecular complexity index is 531. The first-order valence-corrected chi connectivity index (χ1v) is 5.57. The third kappa shape index (κ3) is 2.23. The number of rotatable bonds is 3. The fraction of sp³-hybridized carbons (Fsp3) is 0.222. The van der Waals surface area contributed by atoms with Gasteiger partial charge in [-0.2, -0.15) is 5.10 Å². The second kappa shape index (κ2) is 4.24. The van der Waals surface area contributed by atoms with E-state index in [9.17, 15) is 4.79 Å². The minimum absolute atomic E-state index is 0.247. The van der Waals surface area contributed by atoms with Crippen LogP contribution < -0.4 is 0 Å². The molecule has 0 bridgehead atoms. The van der Waals surface area contributed by atoms with E-state index in [-0.39, 0.29) is 5.69 Å². The molecule has 84 valence electrons. The van der Waals surface area contributed by atoms with Gasteiger partial charge in [-0.1, -0.05) is 0 Å². The summed E-state index contributed by atoms with van der Waals surface area (Å²) in [5, 5.41) is 13.1. The van der Waals surface area contributed by atoms with Crippen molar-refractivity contribution >= 4 is 28.6 Å². The van der Waals surface area contributed by atoms with Gasteiger partial charge in [-0.15, -0.1) is 0 Å². The molecule has 0 atom stereocenters. The lowest BCUT2D eigenvalue weighted by molar-refractivity contribution is 0.0685. The highest BCUT2D eigenvalue weighted by Gasteiger charge is 2.12. The highest BCUT2D eigenvalue weighted by atomic mass is 127. The van der Waals surface area contributed by atoms with Crippen molar-refractivity contribution in [3.63, 3.8) is 0 Å². The molecule has 0 radical (unpaired) electrons. The molecule has 2 rings (SSSR count). The zero-order valence-corrected chi connectivity index (χ0v) is 10.6. The number of carboxylic acids is 1. The number of aromatic carboxylic acids is 1. The van der Waals surface area contributed by atoms with E-state index in [0.717, 1.165) is 3.57 Å². The van der Waals surface area contributed by atoms with Crippen LogP contribution in [-0.2, 0) is 13.6 Å². The molecule has 0 aromatic carbocycles. The fourth-order valence-electron chi connectivity index (χ4n) is 1.39. The summed E-state index contributed by atoms with van der Waals surface area (Å²) in [6.45, 7) is 0.367. The molecule has 2 aromatic rings. The maximum Gasteiger partial charge on any atom is 0.352 e. The molecule has 2 aromatic heterocycles. The van der Waals surface area contributed by atoms with Gasteiger partial charge in [0.2, 0.25) is 0 Å². The Morgan fingerprint density at radius 2 is 2.38 bits per heavy atom. The lowest BCUT2D eigenvalue weighted by Crippen LogP contribution is -2.09. The molecule has 1 N–H and O–H groups in total. The largest absolute Gasteiger partial charge is 0.477 e. The second-order valence-electron chi connectivity index (χ2n) is 3.31. The quantitative estimate of drug-likeness (QED) is 0.850. The molecule has 16 heavy (non-hydrogen) atoms. The topological polar surface area (TPSA) is 72.9 Å². The summed E-state index contributed by atoms with van der Waals surface area (Å²) in [5.41, 5.74) is 0.247. The first-order valence-electron chi connectivity index (χ1n) is 4.50. The van der Waals surface area contributed by atoms with Crippen molar-refractivity contribution in [1.82, 2.24) is 19.3 Å². The SMILES string of the molecule is Cn1cnc(Cn2cc(I)cc2C(=O)O)n1. The molecular formula is C9H9IN4O2. The molecule has 6 nitrogen and oxygen atoms in total. The number of halogens is 1. The summed E-state index contributed by atoms with van der Waals surface area (Å²) in [6.07, 6.45) is 3.35. The van der Waals surface area contributed by atoms with E-state index < -0.39 is 5.97 Å². The smallest absolute Gasteiger partial charge is 0.352 e. The van der Waals surface area contributed by atoms with Crippen molar-refractivity contribution < 1.29 is 9.90 Å². The van der Waals surface area contributed by atoms with E-state index in [1.807, 2.05) is 0 Å². The standard InChI is InChI=1S/C9H9IN4O2/c1-13-5-11-8(12-13)4-14-3-6(10)2-7(14)9(15)16/h2-3,5H,4H2,1H3,(H,15,16). The monoisotopic (exact) mass is 332 g/mol. The maximum atomic E-state index is 11.0. The first-order chi connectivity index (χ1) is 7.56. The van der Waals surface area contributed by atoms with Crippen molar-refractivity contribution in [3.05, 3.63) is 33.7 Å². The summed E-state index contributed by atoms with van der Waals surface area (Å²) < 4.78 is 4.09. The van der Waals surface area contributed by atoms with Crippen LogP contribution >= 0.6 is 22.6 Å². The summed E-state index contributed by atoms with van der Waals surface area (Å²) in [6, 6.07) is 1.62. The minimum Gasteiger partial charge on any atom is -0.477 e. The highest BCUT2D eigenvalue weighted by Crippen LogP contribution is 2.12. The lowest BCUT2D eigenvalue weighted by atomic mass is 10.4. The van der Waals surface area contributed by atoms with Gasteiger partial charge in [0.25, 0.3) is 0 Å². The number of hydrogen-bond donors (Lipinski definition) is 1. The molecule has 0 aliphatic heterocycles. The molecule has 0 unspecified atom stereocenters. The van der Waals surface area contributed by atoms with Crippen molar-refractivity contribution in [2.24, 2.45) is 7.05 Å². The third-order valence-electron chi connectivity index (χ3n) is 2.04. The number of aryl methyl sites for hydroxylation is 1. The fourth-order valence-corrected chi connectivity index (χ4v) is 2.02. The molecule has 0 spiro atoms. The van der Waals surface area contributed by atoms with Crippen LogP contribution in [-0.4, -0.2) is 30.4 Å². The second-order valence-corrected chi connectivity index (χ2v) is 4.56. The number of aromatic nitrogens is 4. The third-order valence-corrected chi connectivity index (χ3v) is 2.63.